The van der Waals surface area contributed by atoms with Crippen molar-refractivity contribution >= 4 is 5.97 Å². The zero-order chi connectivity index (χ0) is 10.6. The molecule has 0 heterocycles. The van der Waals surface area contributed by atoms with Gasteiger partial charge in [0.2, 0.25) is 0 Å². The van der Waals surface area contributed by atoms with Crippen molar-refractivity contribution in [3.8, 4) is 0 Å². The SMILES string of the molecule is CC(C)C(C(C)CC(=O)O)N(C)C. The van der Waals surface area contributed by atoms with Crippen LogP contribution < -0.4 is 0 Å². The van der Waals surface area contributed by atoms with Crippen LogP contribution in [0, 0.1) is 11.8 Å². The number of hydrogen-bond acceptors (Lipinski definition) is 2. The van der Waals surface area contributed by atoms with E-state index >= 15 is 0 Å². The molecule has 0 radical (unpaired) electrons. The minimum absolute atomic E-state index is 0.201. The highest BCUT2D eigenvalue weighted by Crippen LogP contribution is 2.19. The molecule has 0 spiro atoms. The first-order valence-electron chi connectivity index (χ1n) is 4.74. The van der Waals surface area contributed by atoms with E-state index in [9.17, 15) is 4.79 Å². The van der Waals surface area contributed by atoms with Crippen molar-refractivity contribution in [2.45, 2.75) is 33.2 Å². The number of rotatable bonds is 5. The van der Waals surface area contributed by atoms with E-state index in [4.69, 9.17) is 5.11 Å². The maximum atomic E-state index is 10.5. The van der Waals surface area contributed by atoms with Gasteiger partial charge in [-0.15, -0.1) is 0 Å². The van der Waals surface area contributed by atoms with E-state index in [1.165, 1.54) is 0 Å². The van der Waals surface area contributed by atoms with Crippen LogP contribution in [-0.2, 0) is 4.79 Å². The van der Waals surface area contributed by atoms with Crippen LogP contribution in [0.15, 0.2) is 0 Å². The van der Waals surface area contributed by atoms with E-state index in [0.717, 1.165) is 0 Å². The number of carboxylic acid groups (broad SMARTS) is 1. The van der Waals surface area contributed by atoms with Gasteiger partial charge in [0.1, 0.15) is 0 Å². The Hall–Kier alpha value is -0.570. The lowest BCUT2D eigenvalue weighted by Crippen LogP contribution is -2.39. The van der Waals surface area contributed by atoms with Crippen LogP contribution in [-0.4, -0.2) is 36.1 Å². The Morgan fingerprint density at radius 3 is 2.00 bits per heavy atom. The van der Waals surface area contributed by atoms with Crippen LogP contribution in [0.4, 0.5) is 0 Å². The summed E-state index contributed by atoms with van der Waals surface area (Å²) >= 11 is 0. The molecule has 0 fully saturated rings. The standard InChI is InChI=1S/C10H21NO2/c1-7(2)10(11(4)5)8(3)6-9(12)13/h7-8,10H,6H2,1-5H3,(H,12,13). The molecular formula is C10H21NO2. The monoisotopic (exact) mass is 187 g/mol. The molecule has 0 aromatic rings. The summed E-state index contributed by atoms with van der Waals surface area (Å²) in [6.07, 6.45) is 0.251. The minimum Gasteiger partial charge on any atom is -0.481 e. The van der Waals surface area contributed by atoms with Crippen molar-refractivity contribution in [1.29, 1.82) is 0 Å². The third-order valence-corrected chi connectivity index (χ3v) is 2.36. The zero-order valence-electron chi connectivity index (χ0n) is 9.24. The predicted molar refractivity (Wildman–Crippen MR) is 53.7 cm³/mol. The molecule has 0 aliphatic carbocycles. The number of nitrogens with zero attached hydrogens (tertiary/aromatic N) is 1. The molecule has 0 aromatic heterocycles. The van der Waals surface area contributed by atoms with Gasteiger partial charge in [0, 0.05) is 12.5 Å². The van der Waals surface area contributed by atoms with Crippen LogP contribution >= 0.6 is 0 Å². The van der Waals surface area contributed by atoms with E-state index < -0.39 is 5.97 Å². The maximum Gasteiger partial charge on any atom is 0.303 e. The van der Waals surface area contributed by atoms with Gasteiger partial charge in [-0.25, -0.2) is 0 Å². The first-order valence-corrected chi connectivity index (χ1v) is 4.74. The van der Waals surface area contributed by atoms with E-state index in [1.54, 1.807) is 0 Å². The third-order valence-electron chi connectivity index (χ3n) is 2.36. The molecule has 0 aliphatic heterocycles. The van der Waals surface area contributed by atoms with Crippen molar-refractivity contribution in [3.05, 3.63) is 0 Å². The Labute approximate surface area is 80.7 Å². The third kappa shape index (κ3) is 4.27. The molecular weight excluding hydrogens is 166 g/mol. The molecule has 0 bridgehead atoms. The summed E-state index contributed by atoms with van der Waals surface area (Å²) in [7, 11) is 4.01. The van der Waals surface area contributed by atoms with Crippen LogP contribution in [0.3, 0.4) is 0 Å². The van der Waals surface area contributed by atoms with E-state index in [1.807, 2.05) is 21.0 Å². The molecule has 2 atom stereocenters. The normalized spacial score (nSPS) is 16.2. The molecule has 3 heteroatoms. The van der Waals surface area contributed by atoms with Crippen molar-refractivity contribution in [2.75, 3.05) is 14.1 Å². The van der Waals surface area contributed by atoms with Gasteiger partial charge in [0.25, 0.3) is 0 Å². The molecule has 1 N–H and O–H groups in total. The Morgan fingerprint density at radius 2 is 1.77 bits per heavy atom. The number of hydrogen-bond donors (Lipinski definition) is 1. The summed E-state index contributed by atoms with van der Waals surface area (Å²) in [5.74, 6) is -0.0168. The average Bonchev–Trinajstić information content (AvgIpc) is 1.81. The molecule has 3 nitrogen and oxygen atoms in total. The minimum atomic E-state index is -0.708. The van der Waals surface area contributed by atoms with Gasteiger partial charge >= 0.3 is 5.97 Å². The summed E-state index contributed by atoms with van der Waals surface area (Å²) in [4.78, 5) is 12.7. The summed E-state index contributed by atoms with van der Waals surface area (Å²) in [6, 6.07) is 0.344. The van der Waals surface area contributed by atoms with Crippen molar-refractivity contribution in [2.24, 2.45) is 11.8 Å². The quantitative estimate of drug-likeness (QED) is 0.712. The fourth-order valence-corrected chi connectivity index (χ4v) is 2.16. The molecule has 2 unspecified atom stereocenters. The van der Waals surface area contributed by atoms with Gasteiger partial charge < -0.3 is 10.0 Å². The number of carboxylic acids is 1. The summed E-state index contributed by atoms with van der Waals surface area (Å²) in [6.45, 7) is 6.25. The second kappa shape index (κ2) is 5.22. The highest BCUT2D eigenvalue weighted by molar-refractivity contribution is 5.67. The fraction of sp³-hybridized carbons (Fsp3) is 0.900. The molecule has 0 saturated carbocycles. The molecule has 0 aliphatic rings. The van der Waals surface area contributed by atoms with Crippen molar-refractivity contribution in [3.63, 3.8) is 0 Å². The van der Waals surface area contributed by atoms with Gasteiger partial charge in [-0.1, -0.05) is 20.8 Å². The largest absolute Gasteiger partial charge is 0.481 e. The summed E-state index contributed by atoms with van der Waals surface area (Å²) in [5.41, 5.74) is 0. The Balaban J connectivity index is 4.28. The van der Waals surface area contributed by atoms with Gasteiger partial charge in [-0.3, -0.25) is 4.79 Å². The summed E-state index contributed by atoms with van der Waals surface area (Å²) < 4.78 is 0. The molecule has 0 saturated heterocycles. The molecule has 0 rings (SSSR count). The fourth-order valence-electron chi connectivity index (χ4n) is 2.16. The topological polar surface area (TPSA) is 40.5 Å². The number of carbonyl (C=O) groups is 1. The second-order valence-corrected chi connectivity index (χ2v) is 4.27. The zero-order valence-corrected chi connectivity index (χ0v) is 9.24. The van der Waals surface area contributed by atoms with Gasteiger partial charge in [-0.2, -0.15) is 0 Å². The lowest BCUT2D eigenvalue weighted by molar-refractivity contribution is -0.138. The molecule has 13 heavy (non-hydrogen) atoms. The second-order valence-electron chi connectivity index (χ2n) is 4.27. The smallest absolute Gasteiger partial charge is 0.303 e. The van der Waals surface area contributed by atoms with Gasteiger partial charge in [0.05, 0.1) is 0 Å². The van der Waals surface area contributed by atoms with E-state index in [2.05, 4.69) is 18.7 Å². The summed E-state index contributed by atoms with van der Waals surface area (Å²) in [5, 5.41) is 8.68. The van der Waals surface area contributed by atoms with Crippen LogP contribution in [0.25, 0.3) is 0 Å². The Bertz CT molecular complexity index is 158. The van der Waals surface area contributed by atoms with Gasteiger partial charge in [-0.05, 0) is 25.9 Å². The predicted octanol–water partition coefficient (Wildman–Crippen LogP) is 1.68. The van der Waals surface area contributed by atoms with Crippen molar-refractivity contribution in [1.82, 2.24) is 4.90 Å². The highest BCUT2D eigenvalue weighted by atomic mass is 16.4. The molecule has 78 valence electrons. The molecule has 0 aromatic carbocycles. The highest BCUT2D eigenvalue weighted by Gasteiger charge is 2.24. The van der Waals surface area contributed by atoms with Crippen molar-refractivity contribution < 1.29 is 9.90 Å². The molecule has 0 amide bonds. The van der Waals surface area contributed by atoms with Crippen LogP contribution in [0.5, 0.6) is 0 Å². The first-order chi connectivity index (χ1) is 5.86. The maximum absolute atomic E-state index is 10.5. The lowest BCUT2D eigenvalue weighted by atomic mass is 9.89. The van der Waals surface area contributed by atoms with E-state index in [0.29, 0.717) is 12.0 Å². The van der Waals surface area contributed by atoms with E-state index in [-0.39, 0.29) is 12.3 Å². The average molecular weight is 187 g/mol. The Morgan fingerprint density at radius 1 is 1.31 bits per heavy atom. The lowest BCUT2D eigenvalue weighted by Gasteiger charge is -2.32. The van der Waals surface area contributed by atoms with Gasteiger partial charge in [0.15, 0.2) is 0 Å². The Kier molecular flexibility index (Phi) is 4.99. The first kappa shape index (κ1) is 12.4. The number of aliphatic carboxylic acids is 1. The van der Waals surface area contributed by atoms with Crippen LogP contribution in [0.2, 0.25) is 0 Å². The van der Waals surface area contributed by atoms with Crippen LogP contribution in [0.1, 0.15) is 27.2 Å².